The molecule has 0 spiro atoms. The number of carbonyl (C=O) groups is 2. The zero-order valence-electron chi connectivity index (χ0n) is 16.1. The van der Waals surface area contributed by atoms with Crippen molar-refractivity contribution in [3.05, 3.63) is 82.7 Å². The standard InChI is InChI=1S/C23H20N2O3S/c1-15(2)28-18-12-10-16(11-13-18)24-21-20(19-9-6-14-29-19)22(26)25(23(21)27)17-7-4-3-5-8-17/h3-15,24H,1-2H3. The van der Waals surface area contributed by atoms with Crippen LogP contribution in [0.3, 0.4) is 0 Å². The van der Waals surface area contributed by atoms with Crippen molar-refractivity contribution >= 4 is 40.1 Å². The molecule has 6 heteroatoms. The number of benzene rings is 2. The fourth-order valence-corrected chi connectivity index (χ4v) is 3.91. The number of amides is 2. The highest BCUT2D eigenvalue weighted by molar-refractivity contribution is 7.11. The van der Waals surface area contributed by atoms with Gasteiger partial charge in [0.1, 0.15) is 11.4 Å². The topological polar surface area (TPSA) is 58.6 Å². The highest BCUT2D eigenvalue weighted by atomic mass is 32.1. The molecule has 0 bridgehead atoms. The second-order valence-corrected chi connectivity index (χ2v) is 7.77. The molecule has 0 saturated carbocycles. The molecule has 2 heterocycles. The molecule has 1 aliphatic rings. The summed E-state index contributed by atoms with van der Waals surface area (Å²) in [6.07, 6.45) is 0.0791. The average Bonchev–Trinajstić information content (AvgIpc) is 3.31. The Bertz CT molecular complexity index is 1060. The van der Waals surface area contributed by atoms with E-state index in [2.05, 4.69) is 5.32 Å². The lowest BCUT2D eigenvalue weighted by Gasteiger charge is -2.15. The van der Waals surface area contributed by atoms with Crippen LogP contribution in [0.5, 0.6) is 5.75 Å². The predicted molar refractivity (Wildman–Crippen MR) is 116 cm³/mol. The summed E-state index contributed by atoms with van der Waals surface area (Å²) in [5, 5.41) is 5.05. The Morgan fingerprint density at radius 1 is 0.897 bits per heavy atom. The van der Waals surface area contributed by atoms with Crippen molar-refractivity contribution in [2.24, 2.45) is 0 Å². The third-order valence-corrected chi connectivity index (χ3v) is 5.25. The van der Waals surface area contributed by atoms with Gasteiger partial charge in [-0.3, -0.25) is 9.59 Å². The van der Waals surface area contributed by atoms with E-state index >= 15 is 0 Å². The minimum Gasteiger partial charge on any atom is -0.491 e. The Morgan fingerprint density at radius 3 is 2.24 bits per heavy atom. The quantitative estimate of drug-likeness (QED) is 0.592. The van der Waals surface area contributed by atoms with Crippen LogP contribution in [0, 0.1) is 0 Å². The van der Waals surface area contributed by atoms with Crippen LogP contribution in [0.15, 0.2) is 77.8 Å². The molecule has 3 aromatic rings. The molecule has 1 N–H and O–H groups in total. The first-order valence-electron chi connectivity index (χ1n) is 9.30. The summed E-state index contributed by atoms with van der Waals surface area (Å²) in [5.74, 6) is 0.0516. The summed E-state index contributed by atoms with van der Waals surface area (Å²) < 4.78 is 5.66. The third-order valence-electron chi connectivity index (χ3n) is 4.36. The van der Waals surface area contributed by atoms with E-state index in [-0.39, 0.29) is 23.6 Å². The number of carbonyl (C=O) groups excluding carboxylic acids is 2. The van der Waals surface area contributed by atoms with Gasteiger partial charge in [-0.25, -0.2) is 4.90 Å². The Balaban J connectivity index is 1.70. The van der Waals surface area contributed by atoms with Gasteiger partial charge in [0.15, 0.2) is 0 Å². The van der Waals surface area contributed by atoms with E-state index in [1.54, 1.807) is 24.3 Å². The number of anilines is 2. The highest BCUT2D eigenvalue weighted by Gasteiger charge is 2.40. The van der Waals surface area contributed by atoms with Crippen LogP contribution < -0.4 is 15.0 Å². The van der Waals surface area contributed by atoms with Gasteiger partial charge in [0, 0.05) is 10.6 Å². The smallest absolute Gasteiger partial charge is 0.282 e. The van der Waals surface area contributed by atoms with Crippen LogP contribution in [0.25, 0.3) is 5.57 Å². The summed E-state index contributed by atoms with van der Waals surface area (Å²) in [6.45, 7) is 3.93. The molecule has 0 aliphatic carbocycles. The van der Waals surface area contributed by atoms with Gasteiger partial charge in [-0.2, -0.15) is 0 Å². The second kappa shape index (κ2) is 7.93. The summed E-state index contributed by atoms with van der Waals surface area (Å²) in [5.41, 5.74) is 1.92. The monoisotopic (exact) mass is 404 g/mol. The summed E-state index contributed by atoms with van der Waals surface area (Å²) in [4.78, 5) is 28.4. The fraction of sp³-hybridized carbons (Fsp3) is 0.130. The van der Waals surface area contributed by atoms with Gasteiger partial charge in [-0.1, -0.05) is 24.3 Å². The molecule has 0 unspecified atom stereocenters. The number of nitrogens with one attached hydrogen (secondary N) is 1. The molecule has 5 nitrogen and oxygen atoms in total. The Morgan fingerprint density at radius 2 is 1.62 bits per heavy atom. The van der Waals surface area contributed by atoms with Gasteiger partial charge < -0.3 is 10.1 Å². The van der Waals surface area contributed by atoms with E-state index in [4.69, 9.17) is 4.74 Å². The zero-order chi connectivity index (χ0) is 20.4. The van der Waals surface area contributed by atoms with Gasteiger partial charge in [-0.05, 0) is 61.7 Å². The van der Waals surface area contributed by atoms with Crippen LogP contribution in [0.2, 0.25) is 0 Å². The van der Waals surface area contributed by atoms with Gasteiger partial charge in [0.2, 0.25) is 0 Å². The largest absolute Gasteiger partial charge is 0.491 e. The number of para-hydroxylation sites is 1. The van der Waals surface area contributed by atoms with Crippen LogP contribution >= 0.6 is 11.3 Å². The van der Waals surface area contributed by atoms with Gasteiger partial charge in [0.05, 0.1) is 17.4 Å². The Hall–Kier alpha value is -3.38. The summed E-state index contributed by atoms with van der Waals surface area (Å²) >= 11 is 1.43. The second-order valence-electron chi connectivity index (χ2n) is 6.82. The molecule has 0 radical (unpaired) electrons. The summed E-state index contributed by atoms with van der Waals surface area (Å²) in [7, 11) is 0. The van der Waals surface area contributed by atoms with Crippen LogP contribution in [0.1, 0.15) is 18.7 Å². The van der Waals surface area contributed by atoms with Crippen molar-refractivity contribution in [1.29, 1.82) is 0 Å². The van der Waals surface area contributed by atoms with Crippen molar-refractivity contribution < 1.29 is 14.3 Å². The van der Waals surface area contributed by atoms with E-state index in [1.807, 2.05) is 61.7 Å². The number of imide groups is 1. The fourth-order valence-electron chi connectivity index (χ4n) is 3.14. The van der Waals surface area contributed by atoms with Crippen LogP contribution in [0.4, 0.5) is 11.4 Å². The highest BCUT2D eigenvalue weighted by Crippen LogP contribution is 2.35. The first-order chi connectivity index (χ1) is 14.0. The molecule has 2 amide bonds. The number of nitrogens with zero attached hydrogens (tertiary/aromatic N) is 1. The molecular formula is C23H20N2O3S. The van der Waals surface area contributed by atoms with E-state index < -0.39 is 0 Å². The van der Waals surface area contributed by atoms with Crippen molar-refractivity contribution in [2.75, 3.05) is 10.2 Å². The average molecular weight is 404 g/mol. The van der Waals surface area contributed by atoms with Crippen molar-refractivity contribution in [2.45, 2.75) is 20.0 Å². The van der Waals surface area contributed by atoms with Crippen molar-refractivity contribution in [1.82, 2.24) is 0 Å². The van der Waals surface area contributed by atoms with E-state index in [9.17, 15) is 9.59 Å². The van der Waals surface area contributed by atoms with Crippen molar-refractivity contribution in [3.63, 3.8) is 0 Å². The Labute approximate surface area is 173 Å². The van der Waals surface area contributed by atoms with Gasteiger partial charge >= 0.3 is 0 Å². The minimum atomic E-state index is -0.368. The first kappa shape index (κ1) is 19.0. The molecule has 1 aliphatic heterocycles. The maximum absolute atomic E-state index is 13.2. The van der Waals surface area contributed by atoms with Gasteiger partial charge in [-0.15, -0.1) is 11.3 Å². The maximum Gasteiger partial charge on any atom is 0.282 e. The van der Waals surface area contributed by atoms with Crippen LogP contribution in [-0.2, 0) is 9.59 Å². The lowest BCUT2D eigenvalue weighted by molar-refractivity contribution is -0.120. The Kier molecular flexibility index (Phi) is 5.18. The lowest BCUT2D eigenvalue weighted by Crippen LogP contribution is -2.32. The third kappa shape index (κ3) is 3.79. The number of rotatable bonds is 6. The minimum absolute atomic E-state index is 0.0791. The maximum atomic E-state index is 13.2. The van der Waals surface area contributed by atoms with E-state index in [0.717, 1.165) is 10.6 Å². The number of ether oxygens (including phenoxy) is 1. The normalized spacial score (nSPS) is 14.1. The molecule has 4 rings (SSSR count). The number of thiophene rings is 1. The summed E-state index contributed by atoms with van der Waals surface area (Å²) in [6, 6.07) is 20.0. The molecule has 29 heavy (non-hydrogen) atoms. The molecule has 0 atom stereocenters. The molecule has 0 saturated heterocycles. The zero-order valence-corrected chi connectivity index (χ0v) is 16.9. The van der Waals surface area contributed by atoms with Crippen molar-refractivity contribution in [3.8, 4) is 5.75 Å². The van der Waals surface area contributed by atoms with E-state index in [0.29, 0.717) is 16.9 Å². The van der Waals surface area contributed by atoms with Gasteiger partial charge in [0.25, 0.3) is 11.8 Å². The molecule has 146 valence electrons. The number of hydrogen-bond acceptors (Lipinski definition) is 5. The predicted octanol–water partition coefficient (Wildman–Crippen LogP) is 4.93. The number of hydrogen-bond donors (Lipinski definition) is 1. The molecular weight excluding hydrogens is 384 g/mol. The molecule has 2 aromatic carbocycles. The SMILES string of the molecule is CC(C)Oc1ccc(NC2=C(c3cccs3)C(=O)N(c3ccccc3)C2=O)cc1. The molecule has 0 fully saturated rings. The molecule has 1 aromatic heterocycles. The van der Waals surface area contributed by atoms with E-state index in [1.165, 1.54) is 16.2 Å². The van der Waals surface area contributed by atoms with Crippen LogP contribution in [-0.4, -0.2) is 17.9 Å². The lowest BCUT2D eigenvalue weighted by atomic mass is 10.2. The first-order valence-corrected chi connectivity index (χ1v) is 10.2.